The van der Waals surface area contributed by atoms with Crippen molar-refractivity contribution in [1.82, 2.24) is 5.32 Å². The van der Waals surface area contributed by atoms with Gasteiger partial charge in [0, 0.05) is 13.0 Å². The van der Waals surface area contributed by atoms with Crippen LogP contribution < -0.4 is 5.32 Å². The van der Waals surface area contributed by atoms with Gasteiger partial charge in [0.1, 0.15) is 0 Å². The lowest BCUT2D eigenvalue weighted by Crippen LogP contribution is -2.23. The number of hydrogen-bond donors (Lipinski definition) is 2. The Kier molecular flexibility index (Phi) is 28.0. The highest BCUT2D eigenvalue weighted by Crippen LogP contribution is 2.11. The molecule has 170 valence electrons. The fourth-order valence-corrected chi connectivity index (χ4v) is 3.36. The molecule has 2 N–H and O–H groups in total. The lowest BCUT2D eigenvalue weighted by atomic mass is 10.1. The van der Waals surface area contributed by atoms with Crippen LogP contribution in [0.15, 0.2) is 0 Å². The number of nitrogens with one attached hydrogen (secondary N) is 1. The third-order valence-electron chi connectivity index (χ3n) is 5.13. The Morgan fingerprint density at radius 3 is 1.64 bits per heavy atom. The van der Waals surface area contributed by atoms with Crippen LogP contribution in [-0.2, 0) is 4.79 Å². The molecule has 0 aliphatic carbocycles. The summed E-state index contributed by atoms with van der Waals surface area (Å²) in [5, 5.41) is 12.3. The molecule has 28 heavy (non-hydrogen) atoms. The average molecular weight is 400 g/mol. The number of hydrogen-bond acceptors (Lipinski definition) is 2. The highest BCUT2D eigenvalue weighted by molar-refractivity contribution is 5.75. The Labute approximate surface area is 177 Å². The zero-order valence-electron chi connectivity index (χ0n) is 19.9. The van der Waals surface area contributed by atoms with E-state index in [1.807, 2.05) is 20.8 Å². The zero-order chi connectivity index (χ0) is 21.3. The van der Waals surface area contributed by atoms with Gasteiger partial charge < -0.3 is 10.4 Å². The van der Waals surface area contributed by atoms with Gasteiger partial charge in [-0.25, -0.2) is 0 Å². The molecule has 0 saturated heterocycles. The van der Waals surface area contributed by atoms with Crippen LogP contribution in [0.5, 0.6) is 0 Å². The molecule has 0 heterocycles. The third kappa shape index (κ3) is 27.6. The molecule has 0 aliphatic heterocycles. The van der Waals surface area contributed by atoms with Crippen LogP contribution in [0.1, 0.15) is 143 Å². The first-order chi connectivity index (χ1) is 13.7. The van der Waals surface area contributed by atoms with Crippen molar-refractivity contribution in [2.75, 3.05) is 6.54 Å². The fraction of sp³-hybridized carbons (Fsp3) is 0.960. The number of amides is 1. The number of rotatable bonds is 20. The second-order valence-corrected chi connectivity index (χ2v) is 8.04. The summed E-state index contributed by atoms with van der Waals surface area (Å²) in [6.45, 7) is 8.97. The molecular weight excluding hydrogens is 346 g/mol. The summed E-state index contributed by atoms with van der Waals surface area (Å²) in [5.41, 5.74) is 0. The van der Waals surface area contributed by atoms with Crippen LogP contribution in [0.25, 0.3) is 0 Å². The second-order valence-electron chi connectivity index (χ2n) is 8.04. The highest BCUT2D eigenvalue weighted by Gasteiger charge is 2.01. The Morgan fingerprint density at radius 2 is 1.14 bits per heavy atom. The van der Waals surface area contributed by atoms with Gasteiger partial charge in [-0.1, -0.05) is 111 Å². The van der Waals surface area contributed by atoms with E-state index in [1.54, 1.807) is 0 Å². The monoisotopic (exact) mass is 399 g/mol. The molecule has 0 aromatic rings. The lowest BCUT2D eigenvalue weighted by Gasteiger charge is -2.06. The van der Waals surface area contributed by atoms with Crippen LogP contribution >= 0.6 is 0 Å². The minimum atomic E-state index is -0.144. The smallest absolute Gasteiger partial charge is 0.219 e. The summed E-state index contributed by atoms with van der Waals surface area (Å²) in [7, 11) is 0. The lowest BCUT2D eigenvalue weighted by molar-refractivity contribution is -0.121. The van der Waals surface area contributed by atoms with Gasteiger partial charge in [-0.3, -0.25) is 4.79 Å². The van der Waals surface area contributed by atoms with Gasteiger partial charge >= 0.3 is 0 Å². The maximum atomic E-state index is 11.8. The van der Waals surface area contributed by atoms with Gasteiger partial charge in [0.2, 0.25) is 5.91 Å². The molecule has 0 saturated carbocycles. The van der Waals surface area contributed by atoms with E-state index in [-0.39, 0.29) is 12.0 Å². The minimum Gasteiger partial charge on any atom is -0.393 e. The molecule has 0 radical (unpaired) electrons. The number of unbranched alkanes of at least 4 members (excludes halogenated alkanes) is 14. The number of aliphatic hydroxyl groups is 1. The molecule has 0 bridgehead atoms. The van der Waals surface area contributed by atoms with Crippen molar-refractivity contribution in [3.8, 4) is 0 Å². The molecule has 0 fully saturated rings. The van der Waals surface area contributed by atoms with Crippen LogP contribution in [0.2, 0.25) is 0 Å². The first-order valence-electron chi connectivity index (χ1n) is 12.6. The van der Waals surface area contributed by atoms with Crippen molar-refractivity contribution in [2.24, 2.45) is 0 Å². The molecule has 3 nitrogen and oxygen atoms in total. The van der Waals surface area contributed by atoms with Crippen molar-refractivity contribution in [2.45, 2.75) is 149 Å². The minimum absolute atomic E-state index is 0.144. The maximum absolute atomic E-state index is 11.8. The van der Waals surface area contributed by atoms with Crippen molar-refractivity contribution >= 4 is 5.91 Å². The summed E-state index contributed by atoms with van der Waals surface area (Å²) in [5.74, 6) is 0.242. The predicted octanol–water partition coefficient (Wildman–Crippen LogP) is 7.55. The number of carbonyl (C=O) groups excluding carboxylic acids is 1. The van der Waals surface area contributed by atoms with Crippen LogP contribution in [0, 0.1) is 0 Å². The standard InChI is InChI=1S/C23H47NO2.C2H6/c1-3-4-5-6-7-8-11-14-17-20-23(26)24-21-18-15-12-9-10-13-16-19-22(2)25;1-2/h22,25H,3-21H2,1-2H3,(H,24,26);1-2H3. The van der Waals surface area contributed by atoms with Gasteiger partial charge in [0.05, 0.1) is 6.10 Å². The molecule has 0 rings (SSSR count). The fourth-order valence-electron chi connectivity index (χ4n) is 3.36. The quantitative estimate of drug-likeness (QED) is 0.208. The largest absolute Gasteiger partial charge is 0.393 e. The molecular formula is C25H53NO2. The Hall–Kier alpha value is -0.570. The van der Waals surface area contributed by atoms with Gasteiger partial charge in [-0.05, 0) is 26.2 Å². The molecule has 0 aromatic carbocycles. The van der Waals surface area contributed by atoms with E-state index in [1.165, 1.54) is 83.5 Å². The topological polar surface area (TPSA) is 49.3 Å². The van der Waals surface area contributed by atoms with Crippen LogP contribution in [0.3, 0.4) is 0 Å². The number of aliphatic hydroxyl groups excluding tert-OH is 1. The van der Waals surface area contributed by atoms with E-state index in [9.17, 15) is 9.90 Å². The number of carbonyl (C=O) groups is 1. The summed E-state index contributed by atoms with van der Waals surface area (Å²) in [6.07, 6.45) is 21.8. The Morgan fingerprint density at radius 1 is 0.714 bits per heavy atom. The molecule has 0 aliphatic rings. The molecule has 3 heteroatoms. The molecule has 1 amide bonds. The van der Waals surface area contributed by atoms with Crippen LogP contribution in [0.4, 0.5) is 0 Å². The van der Waals surface area contributed by atoms with Gasteiger partial charge in [0.15, 0.2) is 0 Å². The second kappa shape index (κ2) is 26.4. The Balaban J connectivity index is 0. The van der Waals surface area contributed by atoms with Crippen molar-refractivity contribution in [3.63, 3.8) is 0 Å². The van der Waals surface area contributed by atoms with Crippen LogP contribution in [-0.4, -0.2) is 23.7 Å². The highest BCUT2D eigenvalue weighted by atomic mass is 16.3. The summed E-state index contributed by atoms with van der Waals surface area (Å²) >= 11 is 0. The molecule has 1 atom stereocenters. The SMILES string of the molecule is CC.CCCCCCCCCCCC(=O)NCCCCCCCCCC(C)O. The first-order valence-corrected chi connectivity index (χ1v) is 12.6. The van der Waals surface area contributed by atoms with E-state index in [4.69, 9.17) is 0 Å². The summed E-state index contributed by atoms with van der Waals surface area (Å²) < 4.78 is 0. The molecule has 0 spiro atoms. The predicted molar refractivity (Wildman–Crippen MR) is 125 cm³/mol. The zero-order valence-corrected chi connectivity index (χ0v) is 19.9. The summed E-state index contributed by atoms with van der Waals surface area (Å²) in [4.78, 5) is 11.8. The van der Waals surface area contributed by atoms with E-state index >= 15 is 0 Å². The Bertz CT molecular complexity index is 292. The van der Waals surface area contributed by atoms with Gasteiger partial charge in [-0.15, -0.1) is 0 Å². The third-order valence-corrected chi connectivity index (χ3v) is 5.13. The summed E-state index contributed by atoms with van der Waals surface area (Å²) in [6, 6.07) is 0. The van der Waals surface area contributed by atoms with E-state index in [0.29, 0.717) is 6.42 Å². The molecule has 0 aromatic heterocycles. The van der Waals surface area contributed by atoms with E-state index < -0.39 is 0 Å². The van der Waals surface area contributed by atoms with E-state index in [2.05, 4.69) is 12.2 Å². The normalized spacial score (nSPS) is 11.6. The van der Waals surface area contributed by atoms with Crippen molar-refractivity contribution in [3.05, 3.63) is 0 Å². The van der Waals surface area contributed by atoms with Crippen molar-refractivity contribution in [1.29, 1.82) is 0 Å². The van der Waals surface area contributed by atoms with Gasteiger partial charge in [-0.2, -0.15) is 0 Å². The van der Waals surface area contributed by atoms with Gasteiger partial charge in [0.25, 0.3) is 0 Å². The van der Waals surface area contributed by atoms with E-state index in [0.717, 1.165) is 32.2 Å². The average Bonchev–Trinajstić information content (AvgIpc) is 2.69. The molecule has 1 unspecified atom stereocenters. The first kappa shape index (κ1) is 29.6. The maximum Gasteiger partial charge on any atom is 0.219 e. The van der Waals surface area contributed by atoms with Crippen molar-refractivity contribution < 1.29 is 9.90 Å².